The Kier molecular flexibility index (Phi) is 4.47. The molecular formula is C13H19NO5S. The van der Waals surface area contributed by atoms with Gasteiger partial charge in [0.1, 0.15) is 0 Å². The Labute approximate surface area is 118 Å². The topological polar surface area (TPSA) is 101 Å². The van der Waals surface area contributed by atoms with Crippen LogP contribution in [0.15, 0.2) is 12.2 Å². The molecule has 0 aromatic carbocycles. The Morgan fingerprint density at radius 1 is 1.15 bits per heavy atom. The lowest BCUT2D eigenvalue weighted by atomic mass is 9.82. The van der Waals surface area contributed by atoms with Crippen LogP contribution in [0.5, 0.6) is 0 Å². The van der Waals surface area contributed by atoms with Crippen LogP contribution in [0.1, 0.15) is 25.7 Å². The van der Waals surface area contributed by atoms with Crippen LogP contribution in [0.4, 0.5) is 0 Å². The Hall–Kier alpha value is -1.37. The molecule has 1 saturated heterocycles. The molecule has 1 aliphatic heterocycles. The lowest BCUT2D eigenvalue weighted by Crippen LogP contribution is -2.47. The van der Waals surface area contributed by atoms with Gasteiger partial charge in [0.05, 0.1) is 23.3 Å². The number of carboxylic acids is 1. The number of aliphatic carboxylic acids is 1. The summed E-state index contributed by atoms with van der Waals surface area (Å²) in [7, 11) is -3.08. The number of carboxylic acid groups (broad SMARTS) is 1. The molecule has 1 unspecified atom stereocenters. The molecule has 1 heterocycles. The number of amides is 1. The second kappa shape index (κ2) is 5.95. The lowest BCUT2D eigenvalue weighted by Gasteiger charge is -2.28. The van der Waals surface area contributed by atoms with E-state index in [0.717, 1.165) is 0 Å². The van der Waals surface area contributed by atoms with Gasteiger partial charge in [-0.15, -0.1) is 0 Å². The Morgan fingerprint density at radius 3 is 2.40 bits per heavy atom. The van der Waals surface area contributed by atoms with Crippen LogP contribution in [-0.4, -0.2) is 42.9 Å². The third kappa shape index (κ3) is 3.59. The standard InChI is InChI=1S/C13H19NO5S/c15-12(10-5-1-2-6-11(10)13(16)17)14-9-4-3-7-20(18,19)8-9/h1-2,9-11H,3-8H2,(H,14,15)(H,16,17)/t9?,10-,11+/m1/s1. The molecule has 112 valence electrons. The SMILES string of the molecule is O=C(O)[C@H]1CC=CC[C@H]1C(=O)NC1CCCS(=O)(=O)C1. The van der Waals surface area contributed by atoms with Crippen molar-refractivity contribution in [3.8, 4) is 0 Å². The minimum Gasteiger partial charge on any atom is -0.481 e. The molecule has 1 amide bonds. The van der Waals surface area contributed by atoms with E-state index in [1.807, 2.05) is 0 Å². The molecule has 0 aromatic rings. The fraction of sp³-hybridized carbons (Fsp3) is 0.692. The van der Waals surface area contributed by atoms with E-state index in [0.29, 0.717) is 25.7 Å². The zero-order valence-corrected chi connectivity index (χ0v) is 11.9. The molecule has 0 bridgehead atoms. The smallest absolute Gasteiger partial charge is 0.307 e. The van der Waals surface area contributed by atoms with Crippen molar-refractivity contribution >= 4 is 21.7 Å². The molecule has 1 fully saturated rings. The van der Waals surface area contributed by atoms with Crippen LogP contribution in [0.3, 0.4) is 0 Å². The van der Waals surface area contributed by atoms with Crippen molar-refractivity contribution < 1.29 is 23.1 Å². The maximum Gasteiger partial charge on any atom is 0.307 e. The summed E-state index contributed by atoms with van der Waals surface area (Å²) < 4.78 is 23.1. The lowest BCUT2D eigenvalue weighted by molar-refractivity contribution is -0.147. The first-order valence-corrected chi connectivity index (χ1v) is 8.60. The summed E-state index contributed by atoms with van der Waals surface area (Å²) in [6, 6.07) is -0.387. The molecule has 0 aromatic heterocycles. The van der Waals surface area contributed by atoms with E-state index in [1.165, 1.54) is 0 Å². The molecule has 7 heteroatoms. The van der Waals surface area contributed by atoms with E-state index in [9.17, 15) is 18.0 Å². The molecular weight excluding hydrogens is 282 g/mol. The van der Waals surface area contributed by atoms with Gasteiger partial charge in [0.15, 0.2) is 9.84 Å². The zero-order valence-electron chi connectivity index (χ0n) is 11.1. The molecule has 3 atom stereocenters. The maximum atomic E-state index is 12.2. The van der Waals surface area contributed by atoms with Crippen molar-refractivity contribution in [1.29, 1.82) is 0 Å². The predicted molar refractivity (Wildman–Crippen MR) is 72.8 cm³/mol. The summed E-state index contributed by atoms with van der Waals surface area (Å²) in [4.78, 5) is 23.3. The third-order valence-corrected chi connectivity index (χ3v) is 5.72. The fourth-order valence-electron chi connectivity index (χ4n) is 2.82. The molecule has 0 spiro atoms. The molecule has 0 radical (unpaired) electrons. The van der Waals surface area contributed by atoms with Crippen LogP contribution < -0.4 is 5.32 Å². The van der Waals surface area contributed by atoms with Gasteiger partial charge in [-0.25, -0.2) is 8.42 Å². The van der Waals surface area contributed by atoms with Gasteiger partial charge in [0, 0.05) is 6.04 Å². The first kappa shape index (κ1) is 15.0. The van der Waals surface area contributed by atoms with Crippen LogP contribution >= 0.6 is 0 Å². The number of allylic oxidation sites excluding steroid dienone is 2. The molecule has 1 aliphatic carbocycles. The van der Waals surface area contributed by atoms with Gasteiger partial charge in [-0.3, -0.25) is 9.59 Å². The van der Waals surface area contributed by atoms with E-state index >= 15 is 0 Å². The Balaban J connectivity index is 2.00. The summed E-state index contributed by atoms with van der Waals surface area (Å²) in [5, 5.41) is 11.9. The second-order valence-electron chi connectivity index (χ2n) is 5.46. The quantitative estimate of drug-likeness (QED) is 0.732. The number of carbonyl (C=O) groups excluding carboxylic acids is 1. The van der Waals surface area contributed by atoms with Gasteiger partial charge in [0.2, 0.25) is 5.91 Å². The van der Waals surface area contributed by atoms with Gasteiger partial charge in [-0.1, -0.05) is 12.2 Å². The Morgan fingerprint density at radius 2 is 1.80 bits per heavy atom. The van der Waals surface area contributed by atoms with E-state index < -0.39 is 27.6 Å². The van der Waals surface area contributed by atoms with Gasteiger partial charge in [-0.05, 0) is 25.7 Å². The van der Waals surface area contributed by atoms with Crippen LogP contribution in [-0.2, 0) is 19.4 Å². The van der Waals surface area contributed by atoms with E-state index in [4.69, 9.17) is 5.11 Å². The molecule has 6 nitrogen and oxygen atoms in total. The average Bonchev–Trinajstić information content (AvgIpc) is 2.37. The number of carbonyl (C=O) groups is 2. The molecule has 0 saturated carbocycles. The second-order valence-corrected chi connectivity index (χ2v) is 7.68. The highest BCUT2D eigenvalue weighted by atomic mass is 32.2. The Bertz CT molecular complexity index is 525. The number of hydrogen-bond acceptors (Lipinski definition) is 4. The van der Waals surface area contributed by atoms with Gasteiger partial charge in [0.25, 0.3) is 0 Å². The predicted octanol–water partition coefficient (Wildman–Crippen LogP) is 0.347. The van der Waals surface area contributed by atoms with Crippen LogP contribution in [0, 0.1) is 11.8 Å². The number of nitrogens with one attached hydrogen (secondary N) is 1. The molecule has 2 N–H and O–H groups in total. The van der Waals surface area contributed by atoms with Crippen molar-refractivity contribution in [3.63, 3.8) is 0 Å². The minimum atomic E-state index is -3.08. The highest BCUT2D eigenvalue weighted by Gasteiger charge is 2.35. The van der Waals surface area contributed by atoms with E-state index in [1.54, 1.807) is 12.2 Å². The average molecular weight is 301 g/mol. The number of sulfone groups is 1. The van der Waals surface area contributed by atoms with E-state index in [-0.39, 0.29) is 23.5 Å². The number of rotatable bonds is 3. The monoisotopic (exact) mass is 301 g/mol. The fourth-order valence-corrected chi connectivity index (χ4v) is 4.46. The summed E-state index contributed by atoms with van der Waals surface area (Å²) in [5.41, 5.74) is 0. The van der Waals surface area contributed by atoms with Gasteiger partial charge >= 0.3 is 5.97 Å². The van der Waals surface area contributed by atoms with Crippen molar-refractivity contribution in [1.82, 2.24) is 5.32 Å². The summed E-state index contributed by atoms with van der Waals surface area (Å²) in [6.45, 7) is 0. The van der Waals surface area contributed by atoms with Crippen LogP contribution in [0.2, 0.25) is 0 Å². The first-order valence-electron chi connectivity index (χ1n) is 6.77. The first-order chi connectivity index (χ1) is 9.39. The van der Waals surface area contributed by atoms with Crippen LogP contribution in [0.25, 0.3) is 0 Å². The molecule has 2 rings (SSSR count). The molecule has 20 heavy (non-hydrogen) atoms. The normalized spacial score (nSPS) is 32.5. The zero-order chi connectivity index (χ0) is 14.8. The van der Waals surface area contributed by atoms with Crippen molar-refractivity contribution in [3.05, 3.63) is 12.2 Å². The van der Waals surface area contributed by atoms with Crippen molar-refractivity contribution in [2.45, 2.75) is 31.7 Å². The highest BCUT2D eigenvalue weighted by molar-refractivity contribution is 7.91. The van der Waals surface area contributed by atoms with Gasteiger partial charge < -0.3 is 10.4 Å². The highest BCUT2D eigenvalue weighted by Crippen LogP contribution is 2.26. The number of hydrogen-bond donors (Lipinski definition) is 2. The van der Waals surface area contributed by atoms with Gasteiger partial charge in [-0.2, -0.15) is 0 Å². The third-order valence-electron chi connectivity index (χ3n) is 3.90. The largest absolute Gasteiger partial charge is 0.481 e. The van der Waals surface area contributed by atoms with Crippen molar-refractivity contribution in [2.75, 3.05) is 11.5 Å². The van der Waals surface area contributed by atoms with E-state index in [2.05, 4.69) is 5.32 Å². The van der Waals surface area contributed by atoms with Crippen molar-refractivity contribution in [2.24, 2.45) is 11.8 Å². The molecule has 2 aliphatic rings. The summed E-state index contributed by atoms with van der Waals surface area (Å²) in [5.74, 6) is -2.53. The summed E-state index contributed by atoms with van der Waals surface area (Å²) >= 11 is 0. The maximum absolute atomic E-state index is 12.2. The summed E-state index contributed by atoms with van der Waals surface area (Å²) in [6.07, 6.45) is 5.49. The minimum absolute atomic E-state index is 0.0426.